The average molecular weight is 378 g/mol. The molecule has 0 bridgehead atoms. The first-order valence-electron chi connectivity index (χ1n) is 8.85. The van der Waals surface area contributed by atoms with Crippen molar-refractivity contribution in [1.29, 1.82) is 0 Å². The number of aryl methyl sites for hydroxylation is 1. The summed E-state index contributed by atoms with van der Waals surface area (Å²) >= 11 is 0. The summed E-state index contributed by atoms with van der Waals surface area (Å²) in [6.45, 7) is 2.31. The van der Waals surface area contributed by atoms with E-state index in [1.54, 1.807) is 11.0 Å². The number of urea groups is 1. The minimum atomic E-state index is -0.662. The Labute approximate surface area is 162 Å². The van der Waals surface area contributed by atoms with Gasteiger partial charge in [0.05, 0.1) is 18.2 Å². The third kappa shape index (κ3) is 4.94. The highest BCUT2D eigenvalue weighted by molar-refractivity contribution is 5.78. The summed E-state index contributed by atoms with van der Waals surface area (Å²) in [4.78, 5) is 27.7. The van der Waals surface area contributed by atoms with Crippen molar-refractivity contribution in [1.82, 2.24) is 25.4 Å². The van der Waals surface area contributed by atoms with Gasteiger partial charge in [-0.05, 0) is 35.7 Å². The SMILES string of the molecule is Cc1ccccc1C(CC(=O)NCc1ccc(-n2cncn2)cc1)NC(N)=O. The van der Waals surface area contributed by atoms with Crippen molar-refractivity contribution in [2.75, 3.05) is 0 Å². The molecule has 0 radical (unpaired) electrons. The number of hydrogen-bond donors (Lipinski definition) is 3. The number of aromatic nitrogens is 3. The van der Waals surface area contributed by atoms with E-state index in [4.69, 9.17) is 5.73 Å². The van der Waals surface area contributed by atoms with Crippen LogP contribution in [0, 0.1) is 6.92 Å². The van der Waals surface area contributed by atoms with Crippen molar-refractivity contribution in [2.24, 2.45) is 5.73 Å². The summed E-state index contributed by atoms with van der Waals surface area (Å²) in [6.07, 6.45) is 3.19. The largest absolute Gasteiger partial charge is 0.352 e. The Kier molecular flexibility index (Phi) is 6.01. The van der Waals surface area contributed by atoms with Gasteiger partial charge in [0.15, 0.2) is 0 Å². The number of primary amides is 1. The monoisotopic (exact) mass is 378 g/mol. The molecule has 2 aromatic carbocycles. The molecule has 1 atom stereocenters. The molecule has 1 unspecified atom stereocenters. The van der Waals surface area contributed by atoms with Crippen molar-refractivity contribution in [3.63, 3.8) is 0 Å². The van der Waals surface area contributed by atoms with Gasteiger partial charge in [0, 0.05) is 6.54 Å². The summed E-state index contributed by atoms with van der Waals surface area (Å²) in [7, 11) is 0. The molecule has 0 saturated carbocycles. The number of benzene rings is 2. The first kappa shape index (κ1) is 19.1. The van der Waals surface area contributed by atoms with Crippen LogP contribution >= 0.6 is 0 Å². The van der Waals surface area contributed by atoms with Gasteiger partial charge >= 0.3 is 6.03 Å². The summed E-state index contributed by atoms with van der Waals surface area (Å²) in [5, 5.41) is 9.61. The lowest BCUT2D eigenvalue weighted by molar-refractivity contribution is -0.121. The van der Waals surface area contributed by atoms with Crippen molar-refractivity contribution >= 4 is 11.9 Å². The lowest BCUT2D eigenvalue weighted by Gasteiger charge is -2.19. The van der Waals surface area contributed by atoms with E-state index < -0.39 is 12.1 Å². The highest BCUT2D eigenvalue weighted by atomic mass is 16.2. The van der Waals surface area contributed by atoms with Crippen LogP contribution in [0.2, 0.25) is 0 Å². The van der Waals surface area contributed by atoms with E-state index in [9.17, 15) is 9.59 Å². The number of carbonyl (C=O) groups excluding carboxylic acids is 2. The Balaban J connectivity index is 1.60. The molecule has 0 saturated heterocycles. The molecule has 4 N–H and O–H groups in total. The second-order valence-electron chi connectivity index (χ2n) is 6.41. The second kappa shape index (κ2) is 8.81. The van der Waals surface area contributed by atoms with Crippen LogP contribution in [-0.2, 0) is 11.3 Å². The lowest BCUT2D eigenvalue weighted by atomic mass is 9.98. The maximum absolute atomic E-state index is 12.4. The van der Waals surface area contributed by atoms with Gasteiger partial charge in [-0.15, -0.1) is 0 Å². The number of nitrogens with zero attached hydrogens (tertiary/aromatic N) is 3. The number of rotatable bonds is 7. The topological polar surface area (TPSA) is 115 Å². The molecular formula is C20H22N6O2. The van der Waals surface area contributed by atoms with Gasteiger partial charge in [-0.2, -0.15) is 5.10 Å². The van der Waals surface area contributed by atoms with E-state index in [0.29, 0.717) is 6.54 Å². The lowest BCUT2D eigenvalue weighted by Crippen LogP contribution is -2.36. The van der Waals surface area contributed by atoms with Gasteiger partial charge < -0.3 is 16.4 Å². The highest BCUT2D eigenvalue weighted by Gasteiger charge is 2.18. The third-order valence-electron chi connectivity index (χ3n) is 4.38. The standard InChI is InChI=1S/C20H22N6O2/c1-14-4-2-3-5-17(14)18(25-20(21)28)10-19(27)23-11-15-6-8-16(9-7-15)26-13-22-12-24-26/h2-9,12-13,18H,10-11H2,1H3,(H,23,27)(H3,21,25,28). The molecule has 0 aliphatic carbocycles. The number of nitrogens with two attached hydrogens (primary N) is 1. The Morgan fingerprint density at radius 2 is 1.89 bits per heavy atom. The summed E-state index contributed by atoms with van der Waals surface area (Å²) < 4.78 is 1.66. The molecule has 1 heterocycles. The molecule has 28 heavy (non-hydrogen) atoms. The van der Waals surface area contributed by atoms with E-state index in [1.807, 2.05) is 55.5 Å². The van der Waals surface area contributed by atoms with Crippen LogP contribution in [-0.4, -0.2) is 26.7 Å². The minimum absolute atomic E-state index is 0.102. The Morgan fingerprint density at radius 3 is 2.54 bits per heavy atom. The fourth-order valence-electron chi connectivity index (χ4n) is 2.95. The number of carbonyl (C=O) groups is 2. The fourth-order valence-corrected chi connectivity index (χ4v) is 2.95. The fraction of sp³-hybridized carbons (Fsp3) is 0.200. The normalized spacial score (nSPS) is 11.6. The highest BCUT2D eigenvalue weighted by Crippen LogP contribution is 2.20. The van der Waals surface area contributed by atoms with Gasteiger partial charge in [-0.25, -0.2) is 14.5 Å². The minimum Gasteiger partial charge on any atom is -0.352 e. The molecule has 0 fully saturated rings. The van der Waals surface area contributed by atoms with Gasteiger partial charge in [0.25, 0.3) is 0 Å². The van der Waals surface area contributed by atoms with Gasteiger partial charge in [0.2, 0.25) is 5.91 Å². The summed E-state index contributed by atoms with van der Waals surface area (Å²) in [5.41, 5.74) is 8.97. The Hall–Kier alpha value is -3.68. The van der Waals surface area contributed by atoms with Crippen molar-refractivity contribution in [3.05, 3.63) is 77.9 Å². The molecular weight excluding hydrogens is 356 g/mol. The predicted molar refractivity (Wildman–Crippen MR) is 104 cm³/mol. The molecule has 0 aliphatic rings. The van der Waals surface area contributed by atoms with Crippen molar-refractivity contribution in [2.45, 2.75) is 25.9 Å². The molecule has 0 spiro atoms. The molecule has 3 amide bonds. The second-order valence-corrected chi connectivity index (χ2v) is 6.41. The third-order valence-corrected chi connectivity index (χ3v) is 4.38. The van der Waals surface area contributed by atoms with E-state index in [0.717, 1.165) is 22.4 Å². The maximum atomic E-state index is 12.4. The summed E-state index contributed by atoms with van der Waals surface area (Å²) in [5.74, 6) is -0.178. The van der Waals surface area contributed by atoms with Crippen molar-refractivity contribution in [3.8, 4) is 5.69 Å². The maximum Gasteiger partial charge on any atom is 0.312 e. The van der Waals surface area contributed by atoms with Gasteiger partial charge in [0.1, 0.15) is 12.7 Å². The van der Waals surface area contributed by atoms with E-state index in [1.165, 1.54) is 6.33 Å². The number of nitrogens with one attached hydrogen (secondary N) is 2. The zero-order valence-corrected chi connectivity index (χ0v) is 15.5. The molecule has 1 aromatic heterocycles. The van der Waals surface area contributed by atoms with Crippen LogP contribution in [0.3, 0.4) is 0 Å². The van der Waals surface area contributed by atoms with E-state index >= 15 is 0 Å². The number of amides is 3. The zero-order chi connectivity index (χ0) is 19.9. The van der Waals surface area contributed by atoms with Crippen LogP contribution in [0.4, 0.5) is 4.79 Å². The Morgan fingerprint density at radius 1 is 1.14 bits per heavy atom. The van der Waals surface area contributed by atoms with Crippen LogP contribution in [0.1, 0.15) is 29.2 Å². The Bertz CT molecular complexity index is 938. The molecule has 3 rings (SSSR count). The van der Waals surface area contributed by atoms with Crippen molar-refractivity contribution < 1.29 is 9.59 Å². The van der Waals surface area contributed by atoms with Gasteiger partial charge in [-0.3, -0.25) is 4.79 Å². The molecule has 3 aromatic rings. The quantitative estimate of drug-likeness (QED) is 0.583. The first-order chi connectivity index (χ1) is 13.5. The summed E-state index contributed by atoms with van der Waals surface area (Å²) in [6, 6.07) is 14.1. The van der Waals surface area contributed by atoms with Crippen LogP contribution in [0.25, 0.3) is 5.69 Å². The smallest absolute Gasteiger partial charge is 0.312 e. The molecule has 8 nitrogen and oxygen atoms in total. The number of hydrogen-bond acceptors (Lipinski definition) is 4. The average Bonchev–Trinajstić information content (AvgIpc) is 3.21. The van der Waals surface area contributed by atoms with Gasteiger partial charge in [-0.1, -0.05) is 36.4 Å². The van der Waals surface area contributed by atoms with E-state index in [-0.39, 0.29) is 12.3 Å². The predicted octanol–water partition coefficient (Wildman–Crippen LogP) is 1.99. The molecule has 8 heteroatoms. The van der Waals surface area contributed by atoms with Crippen LogP contribution in [0.5, 0.6) is 0 Å². The van der Waals surface area contributed by atoms with Crippen LogP contribution in [0.15, 0.2) is 61.2 Å². The van der Waals surface area contributed by atoms with Crippen LogP contribution < -0.4 is 16.4 Å². The first-order valence-corrected chi connectivity index (χ1v) is 8.85. The molecule has 144 valence electrons. The van der Waals surface area contributed by atoms with E-state index in [2.05, 4.69) is 20.7 Å². The molecule has 0 aliphatic heterocycles. The zero-order valence-electron chi connectivity index (χ0n) is 15.5.